The number of benzene rings is 2. The van der Waals surface area contributed by atoms with Crippen LogP contribution < -0.4 is 10.6 Å². The Morgan fingerprint density at radius 1 is 1.03 bits per heavy atom. The van der Waals surface area contributed by atoms with E-state index < -0.39 is 0 Å². The second kappa shape index (κ2) is 11.0. The summed E-state index contributed by atoms with van der Waals surface area (Å²) in [6.07, 6.45) is 6.20. The van der Waals surface area contributed by atoms with Crippen molar-refractivity contribution in [3.05, 3.63) is 52.1 Å². The first kappa shape index (κ1) is 22.2. The van der Waals surface area contributed by atoms with Crippen molar-refractivity contribution in [3.63, 3.8) is 0 Å². The van der Waals surface area contributed by atoms with E-state index in [1.54, 1.807) is 0 Å². The smallest absolute Gasteiger partial charge is 0.237 e. The molecule has 1 atom stereocenters. The molecule has 0 radical (unpaired) electrons. The lowest BCUT2D eigenvalue weighted by molar-refractivity contribution is -0.120. The third kappa shape index (κ3) is 6.74. The van der Waals surface area contributed by atoms with E-state index in [-0.39, 0.29) is 23.0 Å². The highest BCUT2D eigenvalue weighted by Gasteiger charge is 2.22. The van der Waals surface area contributed by atoms with Crippen LogP contribution in [0.25, 0.3) is 0 Å². The summed E-state index contributed by atoms with van der Waals surface area (Å²) in [4.78, 5) is 26.2. The Morgan fingerprint density at radius 3 is 2.45 bits per heavy atom. The van der Waals surface area contributed by atoms with Gasteiger partial charge in [0.1, 0.15) is 0 Å². The molecule has 0 spiro atoms. The molecule has 2 aromatic carbocycles. The van der Waals surface area contributed by atoms with Crippen LogP contribution in [0.2, 0.25) is 0 Å². The monoisotopic (exact) mass is 522 g/mol. The van der Waals surface area contributed by atoms with E-state index in [1.807, 2.05) is 55.5 Å². The Morgan fingerprint density at radius 2 is 1.76 bits per heavy atom. The fraction of sp³-hybridized carbons (Fsp3) is 0.391. The molecule has 0 saturated heterocycles. The van der Waals surface area contributed by atoms with Gasteiger partial charge in [0.05, 0.1) is 5.25 Å². The standard InChI is InChI=1S/C23H27IN2O2S/c1-2-21(23(28)25-18-13-11-17(24)12-14-18)29-20-10-6-9-19(15-20)26-22(27)16-7-4-3-5-8-16/h6,9-16,21H,2-5,7-8H2,1H3,(H,25,28)(H,26,27). The van der Waals surface area contributed by atoms with Crippen LogP contribution in [0.1, 0.15) is 45.4 Å². The average molecular weight is 522 g/mol. The summed E-state index contributed by atoms with van der Waals surface area (Å²) in [5.41, 5.74) is 1.61. The molecular formula is C23H27IN2O2S. The van der Waals surface area contributed by atoms with Crippen LogP contribution in [0.15, 0.2) is 53.4 Å². The number of amides is 2. The van der Waals surface area contributed by atoms with Gasteiger partial charge >= 0.3 is 0 Å². The number of thioether (sulfide) groups is 1. The Labute approximate surface area is 190 Å². The molecule has 2 amide bonds. The average Bonchev–Trinajstić information content (AvgIpc) is 2.74. The number of rotatable bonds is 7. The second-order valence-electron chi connectivity index (χ2n) is 7.36. The van der Waals surface area contributed by atoms with Gasteiger partial charge in [-0.25, -0.2) is 0 Å². The van der Waals surface area contributed by atoms with Gasteiger partial charge < -0.3 is 10.6 Å². The quantitative estimate of drug-likeness (QED) is 0.331. The highest BCUT2D eigenvalue weighted by Crippen LogP contribution is 2.30. The molecule has 0 aromatic heterocycles. The van der Waals surface area contributed by atoms with Gasteiger partial charge in [-0.3, -0.25) is 9.59 Å². The first-order chi connectivity index (χ1) is 14.0. The summed E-state index contributed by atoms with van der Waals surface area (Å²) < 4.78 is 1.13. The van der Waals surface area contributed by atoms with Gasteiger partial charge in [-0.15, -0.1) is 11.8 Å². The number of halogens is 1. The van der Waals surface area contributed by atoms with Gasteiger partial charge in [0.25, 0.3) is 0 Å². The summed E-state index contributed by atoms with van der Waals surface area (Å²) in [6.45, 7) is 2.01. The van der Waals surface area contributed by atoms with Crippen molar-refractivity contribution in [2.24, 2.45) is 5.92 Å². The predicted octanol–water partition coefficient (Wildman–Crippen LogP) is 6.32. The number of hydrogen-bond donors (Lipinski definition) is 2. The Bertz CT molecular complexity index is 835. The molecule has 3 rings (SSSR count). The van der Waals surface area contributed by atoms with Gasteiger partial charge in [-0.05, 0) is 84.3 Å². The van der Waals surface area contributed by atoms with E-state index in [0.717, 1.165) is 51.9 Å². The highest BCUT2D eigenvalue weighted by atomic mass is 127. The molecule has 4 nitrogen and oxygen atoms in total. The maximum Gasteiger partial charge on any atom is 0.237 e. The lowest BCUT2D eigenvalue weighted by Gasteiger charge is -2.21. The zero-order chi connectivity index (χ0) is 20.6. The first-order valence-electron chi connectivity index (χ1n) is 10.2. The third-order valence-corrected chi connectivity index (χ3v) is 7.21. The van der Waals surface area contributed by atoms with Crippen molar-refractivity contribution in [1.29, 1.82) is 0 Å². The van der Waals surface area contributed by atoms with Gasteiger partial charge in [-0.2, -0.15) is 0 Å². The molecule has 2 N–H and O–H groups in total. The Kier molecular flexibility index (Phi) is 8.41. The fourth-order valence-corrected chi connectivity index (χ4v) is 4.87. The van der Waals surface area contributed by atoms with E-state index in [9.17, 15) is 9.59 Å². The summed E-state index contributed by atoms with van der Waals surface area (Å²) in [5, 5.41) is 5.87. The molecule has 154 valence electrons. The molecule has 1 saturated carbocycles. The van der Waals surface area contributed by atoms with Crippen molar-refractivity contribution in [3.8, 4) is 0 Å². The third-order valence-electron chi connectivity index (χ3n) is 5.13. The minimum atomic E-state index is -0.196. The number of carbonyl (C=O) groups is 2. The van der Waals surface area contributed by atoms with Crippen LogP contribution >= 0.6 is 34.4 Å². The summed E-state index contributed by atoms with van der Waals surface area (Å²) in [6, 6.07) is 15.6. The van der Waals surface area contributed by atoms with Gasteiger partial charge in [0.15, 0.2) is 0 Å². The molecule has 1 aliphatic carbocycles. The molecule has 0 heterocycles. The second-order valence-corrected chi connectivity index (χ2v) is 9.88. The molecule has 1 aliphatic rings. The van der Waals surface area contributed by atoms with Gasteiger partial charge in [0, 0.05) is 25.8 Å². The minimum absolute atomic E-state index is 0.00430. The SMILES string of the molecule is CCC(Sc1cccc(NC(=O)C2CCCCC2)c1)C(=O)Nc1ccc(I)cc1. The number of nitrogens with one attached hydrogen (secondary N) is 2. The largest absolute Gasteiger partial charge is 0.326 e. The summed E-state index contributed by atoms with van der Waals surface area (Å²) in [5.74, 6) is 0.244. The number of carbonyl (C=O) groups excluding carboxylic acids is 2. The van der Waals surface area contributed by atoms with Gasteiger partial charge in [-0.1, -0.05) is 32.3 Å². The van der Waals surface area contributed by atoms with Gasteiger partial charge in [0.2, 0.25) is 11.8 Å². The molecule has 29 heavy (non-hydrogen) atoms. The summed E-state index contributed by atoms with van der Waals surface area (Å²) >= 11 is 3.78. The van der Waals surface area contributed by atoms with Crippen molar-refractivity contribution in [2.45, 2.75) is 55.6 Å². The molecule has 1 unspecified atom stereocenters. The topological polar surface area (TPSA) is 58.2 Å². The van der Waals surface area contributed by atoms with Crippen molar-refractivity contribution in [1.82, 2.24) is 0 Å². The van der Waals surface area contributed by atoms with E-state index >= 15 is 0 Å². The number of hydrogen-bond acceptors (Lipinski definition) is 3. The first-order valence-corrected chi connectivity index (χ1v) is 12.1. The van der Waals surface area contributed by atoms with E-state index in [4.69, 9.17) is 0 Å². The molecule has 6 heteroatoms. The minimum Gasteiger partial charge on any atom is -0.326 e. The normalized spacial score (nSPS) is 15.5. The molecule has 1 fully saturated rings. The molecule has 0 bridgehead atoms. The zero-order valence-corrected chi connectivity index (χ0v) is 19.6. The van der Waals surface area contributed by atoms with E-state index in [2.05, 4.69) is 33.2 Å². The summed E-state index contributed by atoms with van der Waals surface area (Å²) in [7, 11) is 0. The maximum atomic E-state index is 12.7. The Balaban J connectivity index is 1.60. The van der Waals surface area contributed by atoms with Crippen LogP contribution in [0.4, 0.5) is 11.4 Å². The van der Waals surface area contributed by atoms with Crippen LogP contribution in [-0.4, -0.2) is 17.1 Å². The van der Waals surface area contributed by atoms with Crippen LogP contribution in [-0.2, 0) is 9.59 Å². The molecule has 0 aliphatic heterocycles. The fourth-order valence-electron chi connectivity index (χ4n) is 3.50. The zero-order valence-electron chi connectivity index (χ0n) is 16.6. The van der Waals surface area contributed by atoms with Crippen LogP contribution in [0.5, 0.6) is 0 Å². The van der Waals surface area contributed by atoms with Crippen molar-refractivity contribution < 1.29 is 9.59 Å². The van der Waals surface area contributed by atoms with E-state index in [1.165, 1.54) is 18.2 Å². The number of anilines is 2. The molecule has 2 aromatic rings. The van der Waals surface area contributed by atoms with Crippen LogP contribution in [0, 0.1) is 9.49 Å². The van der Waals surface area contributed by atoms with Crippen LogP contribution in [0.3, 0.4) is 0 Å². The highest BCUT2D eigenvalue weighted by molar-refractivity contribution is 14.1. The van der Waals surface area contributed by atoms with Crippen molar-refractivity contribution in [2.75, 3.05) is 10.6 Å². The lowest BCUT2D eigenvalue weighted by Crippen LogP contribution is -2.25. The lowest BCUT2D eigenvalue weighted by atomic mass is 9.88. The van der Waals surface area contributed by atoms with Crippen molar-refractivity contribution >= 4 is 57.5 Å². The van der Waals surface area contributed by atoms with E-state index in [0.29, 0.717) is 0 Å². The Hall–Kier alpha value is -1.54. The molecular weight excluding hydrogens is 495 g/mol. The maximum absolute atomic E-state index is 12.7. The predicted molar refractivity (Wildman–Crippen MR) is 129 cm³/mol.